The lowest BCUT2D eigenvalue weighted by atomic mass is 10.1. The van der Waals surface area contributed by atoms with Crippen LogP contribution in [0.1, 0.15) is 12.8 Å². The number of aromatic nitrogens is 3. The Kier molecular flexibility index (Phi) is 4.42. The minimum Gasteiger partial charge on any atom is -0.378 e. The number of nitrogens with zero attached hydrogens (tertiary/aromatic N) is 5. The molecule has 0 spiro atoms. The van der Waals surface area contributed by atoms with Crippen LogP contribution in [0.4, 0.5) is 5.82 Å². The molecule has 2 N–H and O–H groups in total. The molecule has 1 saturated carbocycles. The molecule has 11 heteroatoms. The molecule has 6 rings (SSSR count). The normalized spacial score (nSPS) is 23.2. The Bertz CT molecular complexity index is 1360. The van der Waals surface area contributed by atoms with E-state index in [1.165, 1.54) is 0 Å². The van der Waals surface area contributed by atoms with Gasteiger partial charge < -0.3 is 14.6 Å². The van der Waals surface area contributed by atoms with Gasteiger partial charge in [-0.2, -0.15) is 9.98 Å². The Morgan fingerprint density at radius 1 is 1.25 bits per heavy atom. The van der Waals surface area contributed by atoms with Crippen LogP contribution in [0.25, 0.3) is 21.9 Å². The Morgan fingerprint density at radius 2 is 2.12 bits per heavy atom. The molecule has 1 aromatic carbocycles. The average Bonchev–Trinajstić information content (AvgIpc) is 3.47. The van der Waals surface area contributed by atoms with Gasteiger partial charge in [-0.1, -0.05) is 6.07 Å². The fourth-order valence-corrected chi connectivity index (χ4v) is 6.12. The predicted molar refractivity (Wildman–Crippen MR) is 118 cm³/mol. The second kappa shape index (κ2) is 7.11. The zero-order valence-electron chi connectivity index (χ0n) is 17.4. The molecule has 3 fully saturated rings. The van der Waals surface area contributed by atoms with Crippen LogP contribution in [-0.4, -0.2) is 79.2 Å². The second-order valence-electron chi connectivity index (χ2n) is 8.76. The molecule has 166 valence electrons. The number of nitriles is 1. The molecule has 0 bridgehead atoms. The van der Waals surface area contributed by atoms with Gasteiger partial charge in [0.1, 0.15) is 23.3 Å². The van der Waals surface area contributed by atoms with E-state index in [1.807, 2.05) is 0 Å². The van der Waals surface area contributed by atoms with Gasteiger partial charge in [0.2, 0.25) is 10.0 Å². The molecule has 2 saturated heterocycles. The lowest BCUT2D eigenvalue weighted by molar-refractivity contribution is -0.0117. The number of piperazine rings is 1. The maximum atomic E-state index is 12.8. The van der Waals surface area contributed by atoms with Crippen LogP contribution in [-0.2, 0) is 14.8 Å². The van der Waals surface area contributed by atoms with Crippen molar-refractivity contribution in [2.24, 2.45) is 0 Å². The smallest absolute Gasteiger partial charge is 0.242 e. The summed E-state index contributed by atoms with van der Waals surface area (Å²) < 4.78 is 33.9. The zero-order chi connectivity index (χ0) is 21.9. The quantitative estimate of drug-likeness (QED) is 0.598. The van der Waals surface area contributed by atoms with E-state index >= 15 is 0 Å². The van der Waals surface area contributed by atoms with Gasteiger partial charge in [0.15, 0.2) is 0 Å². The van der Waals surface area contributed by atoms with Crippen LogP contribution in [0.5, 0.6) is 0 Å². The Hall–Kier alpha value is -2.78. The third-order valence-corrected chi connectivity index (χ3v) is 8.22. The highest BCUT2D eigenvalue weighted by Gasteiger charge is 2.46. The minimum atomic E-state index is -3.80. The number of hydrogen-bond acceptors (Lipinski definition) is 8. The van der Waals surface area contributed by atoms with Gasteiger partial charge in [-0.05, 0) is 25.0 Å². The van der Waals surface area contributed by atoms with Crippen molar-refractivity contribution in [1.29, 1.82) is 5.26 Å². The van der Waals surface area contributed by atoms with E-state index in [9.17, 15) is 13.7 Å². The van der Waals surface area contributed by atoms with Crippen molar-refractivity contribution in [3.8, 4) is 6.07 Å². The fourth-order valence-electron chi connectivity index (χ4n) is 4.72. The molecule has 32 heavy (non-hydrogen) atoms. The van der Waals surface area contributed by atoms with Crippen LogP contribution >= 0.6 is 0 Å². The molecule has 2 aromatic heterocycles. The van der Waals surface area contributed by atoms with Crippen LogP contribution in [0.2, 0.25) is 0 Å². The number of benzene rings is 1. The van der Waals surface area contributed by atoms with Crippen molar-refractivity contribution in [2.75, 3.05) is 44.3 Å². The summed E-state index contributed by atoms with van der Waals surface area (Å²) in [6.45, 7) is 5.11. The SMILES string of the molecule is N#CC1(NS(=O)(=O)c2ccc3c(c2)[nH]c2ncnc(N4CCN5CCOC[C@H]5C4)c23)CC1. The molecule has 4 heterocycles. The molecular formula is C21H23N7O3S. The van der Waals surface area contributed by atoms with Gasteiger partial charge in [0, 0.05) is 37.1 Å². The maximum absolute atomic E-state index is 12.8. The number of fused-ring (bicyclic) bond motifs is 4. The predicted octanol–water partition coefficient (Wildman–Crippen LogP) is 0.966. The average molecular weight is 454 g/mol. The monoisotopic (exact) mass is 453 g/mol. The highest BCUT2D eigenvalue weighted by atomic mass is 32.2. The van der Waals surface area contributed by atoms with Crippen molar-refractivity contribution < 1.29 is 13.2 Å². The molecular weight excluding hydrogens is 430 g/mol. The minimum absolute atomic E-state index is 0.126. The Labute approximate surface area is 185 Å². The molecule has 0 unspecified atom stereocenters. The maximum Gasteiger partial charge on any atom is 0.242 e. The summed E-state index contributed by atoms with van der Waals surface area (Å²) in [6.07, 6.45) is 2.62. The van der Waals surface area contributed by atoms with E-state index in [1.54, 1.807) is 24.5 Å². The van der Waals surface area contributed by atoms with E-state index < -0.39 is 15.6 Å². The van der Waals surface area contributed by atoms with Crippen LogP contribution in [0, 0.1) is 11.3 Å². The van der Waals surface area contributed by atoms with E-state index in [2.05, 4.69) is 35.5 Å². The van der Waals surface area contributed by atoms with Crippen molar-refractivity contribution in [3.63, 3.8) is 0 Å². The summed E-state index contributed by atoms with van der Waals surface area (Å²) in [4.78, 5) is 17.1. The Balaban J connectivity index is 1.38. The largest absolute Gasteiger partial charge is 0.378 e. The number of ether oxygens (including phenoxy) is 1. The molecule has 0 amide bonds. The summed E-state index contributed by atoms with van der Waals surface area (Å²) >= 11 is 0. The van der Waals surface area contributed by atoms with Crippen LogP contribution in [0.15, 0.2) is 29.4 Å². The van der Waals surface area contributed by atoms with E-state index in [0.29, 0.717) is 30.0 Å². The third kappa shape index (κ3) is 3.22. The standard InChI is InChI=1S/C21H23N7O3S/c22-12-21(3-4-21)26-32(29,30)15-1-2-16-17(9-15)25-19-18(16)20(24-13-23-19)28-6-5-27-7-8-31-11-14(27)10-28/h1-2,9,13-14,26H,3-8,10-11H2,(H,23,24,25)/t14-/m1/s1. The third-order valence-electron chi connectivity index (χ3n) is 6.68. The van der Waals surface area contributed by atoms with E-state index in [4.69, 9.17) is 4.74 Å². The number of hydrogen-bond donors (Lipinski definition) is 2. The first-order chi connectivity index (χ1) is 15.5. The molecule has 1 atom stereocenters. The van der Waals surface area contributed by atoms with Crippen molar-refractivity contribution >= 4 is 37.8 Å². The highest BCUT2D eigenvalue weighted by molar-refractivity contribution is 7.89. The van der Waals surface area contributed by atoms with Gasteiger partial charge >= 0.3 is 0 Å². The number of nitrogens with one attached hydrogen (secondary N) is 2. The highest BCUT2D eigenvalue weighted by Crippen LogP contribution is 2.37. The molecule has 1 aliphatic carbocycles. The van der Waals surface area contributed by atoms with Gasteiger partial charge in [0.05, 0.1) is 35.6 Å². The number of morpholine rings is 1. The first-order valence-corrected chi connectivity index (χ1v) is 12.2. The number of H-pyrrole nitrogens is 1. The van der Waals surface area contributed by atoms with Crippen molar-refractivity contribution in [1.82, 2.24) is 24.6 Å². The lowest BCUT2D eigenvalue weighted by Crippen LogP contribution is -2.58. The Morgan fingerprint density at radius 3 is 2.94 bits per heavy atom. The topological polar surface area (TPSA) is 127 Å². The summed E-state index contributed by atoms with van der Waals surface area (Å²) in [7, 11) is -3.80. The molecule has 3 aliphatic rings. The molecule has 2 aliphatic heterocycles. The van der Waals surface area contributed by atoms with Crippen LogP contribution in [0.3, 0.4) is 0 Å². The summed E-state index contributed by atoms with van der Waals surface area (Å²) in [6, 6.07) is 7.38. The summed E-state index contributed by atoms with van der Waals surface area (Å²) in [5.74, 6) is 0.849. The summed E-state index contributed by atoms with van der Waals surface area (Å²) in [5.41, 5.74) is 0.384. The summed E-state index contributed by atoms with van der Waals surface area (Å²) in [5, 5.41) is 11.0. The number of aromatic amines is 1. The molecule has 10 nitrogen and oxygen atoms in total. The van der Waals surface area contributed by atoms with E-state index in [0.717, 1.165) is 56.0 Å². The first kappa shape index (κ1) is 19.9. The van der Waals surface area contributed by atoms with Gasteiger partial charge in [0.25, 0.3) is 0 Å². The van der Waals surface area contributed by atoms with Crippen LogP contribution < -0.4 is 9.62 Å². The van der Waals surface area contributed by atoms with E-state index in [-0.39, 0.29) is 4.90 Å². The van der Waals surface area contributed by atoms with Gasteiger partial charge in [-0.3, -0.25) is 4.90 Å². The zero-order valence-corrected chi connectivity index (χ0v) is 18.2. The second-order valence-corrected chi connectivity index (χ2v) is 10.4. The van der Waals surface area contributed by atoms with Gasteiger partial charge in [-0.15, -0.1) is 0 Å². The van der Waals surface area contributed by atoms with Gasteiger partial charge in [-0.25, -0.2) is 18.4 Å². The lowest BCUT2D eigenvalue weighted by Gasteiger charge is -2.44. The number of sulfonamides is 1. The molecule has 0 radical (unpaired) electrons. The first-order valence-electron chi connectivity index (χ1n) is 10.8. The number of rotatable bonds is 4. The van der Waals surface area contributed by atoms with Crippen molar-refractivity contribution in [3.05, 3.63) is 24.5 Å². The number of anilines is 1. The molecule has 3 aromatic rings. The fraction of sp³-hybridized carbons (Fsp3) is 0.476. The van der Waals surface area contributed by atoms with Crippen molar-refractivity contribution in [2.45, 2.75) is 29.3 Å².